The van der Waals surface area contributed by atoms with Crippen LogP contribution in [0.1, 0.15) is 65.5 Å². The second-order valence-electron chi connectivity index (χ2n) is 16.3. The predicted molar refractivity (Wildman–Crippen MR) is 226 cm³/mol. The number of anilines is 2. The van der Waals surface area contributed by atoms with E-state index in [0.29, 0.717) is 6.42 Å². The summed E-state index contributed by atoms with van der Waals surface area (Å²) in [4.78, 5) is 103. The lowest BCUT2D eigenvalue weighted by Crippen LogP contribution is -2.58. The number of hydrogen-bond acceptors (Lipinski definition) is 10. The number of urea groups is 2. The molecule has 60 heavy (non-hydrogen) atoms. The van der Waals surface area contributed by atoms with Crippen LogP contribution in [0.4, 0.5) is 21.0 Å². The lowest BCUT2D eigenvalue weighted by atomic mass is 9.83. The van der Waals surface area contributed by atoms with Crippen LogP contribution in [0.5, 0.6) is 0 Å². The maximum Gasteiger partial charge on any atom is 0.334 e. The van der Waals surface area contributed by atoms with Crippen molar-refractivity contribution >= 4 is 53.0 Å². The first-order chi connectivity index (χ1) is 28.4. The van der Waals surface area contributed by atoms with E-state index < -0.39 is 52.5 Å². The number of nitrogens with zero attached hydrogens (tertiary/aromatic N) is 6. The number of benzene rings is 2. The zero-order valence-corrected chi connectivity index (χ0v) is 35.5. The lowest BCUT2D eigenvalue weighted by molar-refractivity contribution is -0.142. The summed E-state index contributed by atoms with van der Waals surface area (Å²) in [6, 6.07) is 14.1. The number of fused-ring (bicyclic) bond motifs is 2. The number of barbiturate groups is 2. The van der Waals surface area contributed by atoms with Gasteiger partial charge in [0.2, 0.25) is 0 Å². The van der Waals surface area contributed by atoms with Gasteiger partial charge < -0.3 is 14.5 Å². The third kappa shape index (κ3) is 7.46. The summed E-state index contributed by atoms with van der Waals surface area (Å²) in [6.45, 7) is 13.9. The molecular weight excluding hydrogens is 765 g/mol. The van der Waals surface area contributed by atoms with E-state index in [2.05, 4.69) is 20.4 Å². The number of allylic oxidation sites excluding steroid dienone is 6. The zero-order valence-electron chi connectivity index (χ0n) is 35.5. The number of likely N-dealkylation sites (N-methyl/N-ethyl adjacent to an activating group) is 2. The molecule has 0 aromatic heterocycles. The zero-order chi connectivity index (χ0) is 43.8. The number of para-hydroxylation sites is 2. The van der Waals surface area contributed by atoms with Crippen LogP contribution in [-0.2, 0) is 39.5 Å². The van der Waals surface area contributed by atoms with Gasteiger partial charge in [-0.05, 0) is 67.3 Å². The fourth-order valence-corrected chi connectivity index (χ4v) is 8.37. The predicted octanol–water partition coefficient (Wildman–Crippen LogP) is 5.96. The van der Waals surface area contributed by atoms with Gasteiger partial charge in [-0.2, -0.15) is 0 Å². The Morgan fingerprint density at radius 3 is 1.38 bits per heavy atom. The Kier molecular flexibility index (Phi) is 11.9. The first-order valence-corrected chi connectivity index (χ1v) is 20.1. The van der Waals surface area contributed by atoms with Crippen molar-refractivity contribution in [3.63, 3.8) is 0 Å². The summed E-state index contributed by atoms with van der Waals surface area (Å²) in [5.74, 6) is -3.93. The van der Waals surface area contributed by atoms with Crippen LogP contribution in [0.2, 0.25) is 0 Å². The molecule has 0 atom stereocenters. The Hall–Kier alpha value is -6.57. The number of rotatable bonds is 12. The summed E-state index contributed by atoms with van der Waals surface area (Å²) in [6.07, 6.45) is 6.67. The van der Waals surface area contributed by atoms with Gasteiger partial charge in [-0.15, -0.1) is 0 Å². The van der Waals surface area contributed by atoms with E-state index in [1.165, 1.54) is 19.1 Å². The van der Waals surface area contributed by atoms with Gasteiger partial charge in [0.25, 0.3) is 23.6 Å². The molecule has 14 heteroatoms. The van der Waals surface area contributed by atoms with Crippen LogP contribution >= 0.6 is 0 Å². The number of imide groups is 4. The summed E-state index contributed by atoms with van der Waals surface area (Å²) in [5, 5.41) is 0. The van der Waals surface area contributed by atoms with Gasteiger partial charge in [0.1, 0.15) is 17.8 Å². The van der Waals surface area contributed by atoms with E-state index in [-0.39, 0.29) is 55.9 Å². The molecule has 0 N–H and O–H groups in total. The van der Waals surface area contributed by atoms with E-state index in [0.717, 1.165) is 53.5 Å². The van der Waals surface area contributed by atoms with Crippen molar-refractivity contribution in [2.24, 2.45) is 0 Å². The topological polar surface area (TPSA) is 148 Å². The number of ether oxygens (including phenoxy) is 1. The highest BCUT2D eigenvalue weighted by atomic mass is 16.5. The van der Waals surface area contributed by atoms with Gasteiger partial charge in [-0.25, -0.2) is 14.4 Å². The Balaban J connectivity index is 1.27. The highest BCUT2D eigenvalue weighted by Crippen LogP contribution is 2.48. The number of carbonyl (C=O) groups excluding carboxylic acids is 7. The molecule has 4 aliphatic rings. The van der Waals surface area contributed by atoms with E-state index in [1.54, 1.807) is 12.2 Å². The van der Waals surface area contributed by atoms with Crippen LogP contribution in [0.15, 0.2) is 108 Å². The Bertz CT molecular complexity index is 2330. The molecule has 314 valence electrons. The van der Waals surface area contributed by atoms with E-state index in [4.69, 9.17) is 4.74 Å². The van der Waals surface area contributed by atoms with Crippen LogP contribution in [0.3, 0.4) is 0 Å². The molecule has 8 amide bonds. The fraction of sp³-hybridized carbons (Fsp3) is 0.370. The summed E-state index contributed by atoms with van der Waals surface area (Å²) in [7, 11) is 3.81. The molecule has 0 saturated carbocycles. The molecule has 2 aromatic carbocycles. The van der Waals surface area contributed by atoms with Crippen molar-refractivity contribution in [2.45, 2.75) is 65.2 Å². The van der Waals surface area contributed by atoms with Crippen molar-refractivity contribution in [2.75, 3.05) is 56.7 Å². The normalized spacial score (nSPS) is 21.3. The van der Waals surface area contributed by atoms with Gasteiger partial charge in [0, 0.05) is 72.9 Å². The highest BCUT2D eigenvalue weighted by molar-refractivity contribution is 6.29. The van der Waals surface area contributed by atoms with Crippen LogP contribution in [0, 0.1) is 0 Å². The van der Waals surface area contributed by atoms with Gasteiger partial charge in [-0.3, -0.25) is 38.8 Å². The third-order valence-electron chi connectivity index (χ3n) is 11.6. The molecule has 0 unspecified atom stereocenters. The minimum absolute atomic E-state index is 0.0608. The molecule has 4 aliphatic heterocycles. The smallest absolute Gasteiger partial charge is 0.334 e. The van der Waals surface area contributed by atoms with Crippen molar-refractivity contribution in [3.8, 4) is 0 Å². The average molecular weight is 817 g/mol. The van der Waals surface area contributed by atoms with Crippen molar-refractivity contribution in [3.05, 3.63) is 119 Å². The molecule has 0 aliphatic carbocycles. The number of esters is 1. The first-order valence-electron chi connectivity index (χ1n) is 20.1. The fourth-order valence-electron chi connectivity index (χ4n) is 8.37. The second kappa shape index (κ2) is 16.6. The molecule has 14 nitrogen and oxygen atoms in total. The van der Waals surface area contributed by atoms with Crippen LogP contribution in [-0.4, -0.2) is 108 Å². The summed E-state index contributed by atoms with van der Waals surface area (Å²) >= 11 is 0. The Labute approximate surface area is 350 Å². The van der Waals surface area contributed by atoms with Crippen molar-refractivity contribution in [1.29, 1.82) is 0 Å². The maximum absolute atomic E-state index is 14.1. The number of amides is 8. The Morgan fingerprint density at radius 2 is 1.00 bits per heavy atom. The summed E-state index contributed by atoms with van der Waals surface area (Å²) in [5.41, 5.74) is 4.52. The Morgan fingerprint density at radius 1 is 0.617 bits per heavy atom. The largest absolute Gasteiger partial charge is 0.460 e. The summed E-state index contributed by atoms with van der Waals surface area (Å²) < 4.78 is 5.19. The molecule has 4 heterocycles. The number of hydrogen-bond donors (Lipinski definition) is 0. The van der Waals surface area contributed by atoms with E-state index in [1.807, 2.05) is 93.2 Å². The molecule has 2 fully saturated rings. The maximum atomic E-state index is 14.1. The SMILES string of the molecule is C=C(C)C(=O)OCCN1C(=O)/C(=C\C=C2\N(C)c3ccccc3C2(C)C)C(=O)N(CCCN2C(=O)/C(=C/C=C3/N(C)c4ccccc4C3(C)C)C(=O)N(CCC)C2=O)C1=O. The standard InChI is InChI=1S/C46H52N6O8/c1-10-24-49-38(53)30(20-22-36-45(4,5)32-16-11-13-18-34(32)47(36)8)39(54)50(43(49)58)25-15-26-51-40(55)31(41(56)52(44(51)59)27-28-60-42(57)29(2)3)21-23-37-46(6,7)33-17-12-14-19-35(33)48(37)9/h11-14,16-23H,2,10,15,24-28H2,1,3-9H3/b30-20+,31-21-,36-22+,37-23+. The van der Waals surface area contributed by atoms with Gasteiger partial charge in [-0.1, -0.05) is 77.6 Å². The molecule has 2 aromatic rings. The molecule has 0 spiro atoms. The lowest BCUT2D eigenvalue weighted by Gasteiger charge is -2.36. The van der Waals surface area contributed by atoms with Gasteiger partial charge in [0.05, 0.1) is 6.54 Å². The van der Waals surface area contributed by atoms with Gasteiger partial charge in [0.15, 0.2) is 0 Å². The minimum Gasteiger partial charge on any atom is -0.460 e. The third-order valence-corrected chi connectivity index (χ3v) is 11.6. The average Bonchev–Trinajstić information content (AvgIpc) is 3.53. The van der Waals surface area contributed by atoms with Crippen molar-refractivity contribution in [1.82, 2.24) is 19.6 Å². The van der Waals surface area contributed by atoms with Crippen molar-refractivity contribution < 1.29 is 38.3 Å². The highest BCUT2D eigenvalue weighted by Gasteiger charge is 2.45. The molecular formula is C46H52N6O8. The molecule has 2 saturated heterocycles. The number of carbonyl (C=O) groups is 7. The van der Waals surface area contributed by atoms with E-state index >= 15 is 0 Å². The molecule has 6 rings (SSSR count). The first kappa shape index (κ1) is 43.0. The van der Waals surface area contributed by atoms with Gasteiger partial charge >= 0.3 is 18.0 Å². The minimum atomic E-state index is -0.942. The molecule has 0 radical (unpaired) electrons. The second-order valence-corrected chi connectivity index (χ2v) is 16.3. The van der Waals surface area contributed by atoms with E-state index in [9.17, 15) is 33.6 Å². The molecule has 0 bridgehead atoms. The van der Waals surface area contributed by atoms with Crippen LogP contribution in [0.25, 0.3) is 0 Å². The van der Waals surface area contributed by atoms with Crippen LogP contribution < -0.4 is 9.80 Å². The quantitative estimate of drug-likeness (QED) is 0.143. The monoisotopic (exact) mass is 816 g/mol.